The van der Waals surface area contributed by atoms with Crippen molar-refractivity contribution in [3.8, 4) is 0 Å². The summed E-state index contributed by atoms with van der Waals surface area (Å²) >= 11 is 0. The number of benzene rings is 1. The van der Waals surface area contributed by atoms with Crippen molar-refractivity contribution in [3.05, 3.63) is 35.9 Å². The first-order valence-corrected chi connectivity index (χ1v) is 15.4. The zero-order chi connectivity index (χ0) is 28.5. The Balaban J connectivity index is 0.000000658. The molecule has 7 nitrogen and oxygen atoms in total. The highest BCUT2D eigenvalue weighted by atomic mass is 16.2. The first-order chi connectivity index (χ1) is 18.8. The average Bonchev–Trinajstić information content (AvgIpc) is 3.77. The van der Waals surface area contributed by atoms with E-state index in [1.54, 1.807) is 7.05 Å². The second-order valence-corrected chi connectivity index (χ2v) is 11.5. The third kappa shape index (κ3) is 13.5. The summed E-state index contributed by atoms with van der Waals surface area (Å²) in [5, 5.41) is 8.88. The van der Waals surface area contributed by atoms with E-state index in [0.29, 0.717) is 12.5 Å². The molecule has 1 aromatic rings. The second-order valence-electron chi connectivity index (χ2n) is 11.5. The minimum absolute atomic E-state index is 0.0242. The zero-order valence-corrected chi connectivity index (χ0v) is 25.0. The van der Waals surface area contributed by atoms with Crippen LogP contribution in [0.15, 0.2) is 30.3 Å². The summed E-state index contributed by atoms with van der Waals surface area (Å²) in [6.07, 6.45) is 13.3. The van der Waals surface area contributed by atoms with Gasteiger partial charge >= 0.3 is 0 Å². The van der Waals surface area contributed by atoms with Gasteiger partial charge in [0.2, 0.25) is 17.7 Å². The van der Waals surface area contributed by atoms with E-state index in [0.717, 1.165) is 44.1 Å². The van der Waals surface area contributed by atoms with Crippen LogP contribution in [0.2, 0.25) is 0 Å². The van der Waals surface area contributed by atoms with Crippen LogP contribution < -0.4 is 16.0 Å². The van der Waals surface area contributed by atoms with E-state index in [2.05, 4.69) is 48.9 Å². The molecule has 7 heteroatoms. The van der Waals surface area contributed by atoms with Gasteiger partial charge in [-0.3, -0.25) is 14.4 Å². The van der Waals surface area contributed by atoms with Crippen LogP contribution in [0.25, 0.3) is 0 Å². The molecule has 0 aromatic heterocycles. The van der Waals surface area contributed by atoms with Gasteiger partial charge < -0.3 is 20.9 Å². The number of carbonyl (C=O) groups is 3. The van der Waals surface area contributed by atoms with Crippen molar-refractivity contribution in [2.24, 2.45) is 17.8 Å². The Hall–Kier alpha value is -2.41. The Kier molecular flexibility index (Phi) is 15.8. The number of nitrogens with zero attached hydrogens (tertiary/aromatic N) is 1. The second kappa shape index (κ2) is 18.8. The molecular weight excluding hydrogens is 488 g/mol. The molecule has 1 aromatic carbocycles. The van der Waals surface area contributed by atoms with Crippen molar-refractivity contribution < 1.29 is 14.4 Å². The SMILES string of the molecule is CCCNC(C(=O)N(C)CC(=O)NCC(=O)NCCCC1CCCCC1CCC)C1CC1.Cc1ccccc1. The van der Waals surface area contributed by atoms with Crippen LogP contribution in [-0.4, -0.2) is 61.9 Å². The molecule has 0 radical (unpaired) electrons. The summed E-state index contributed by atoms with van der Waals surface area (Å²) in [7, 11) is 1.65. The zero-order valence-electron chi connectivity index (χ0n) is 25.0. The molecular formula is C32H54N4O3. The molecule has 3 atom stereocenters. The molecule has 2 aliphatic carbocycles. The minimum atomic E-state index is -0.300. The quantitative estimate of drug-likeness (QED) is 0.277. The number of hydrogen-bond donors (Lipinski definition) is 3. The molecule has 3 amide bonds. The number of amides is 3. The van der Waals surface area contributed by atoms with Crippen LogP contribution in [-0.2, 0) is 14.4 Å². The lowest BCUT2D eigenvalue weighted by atomic mass is 9.75. The van der Waals surface area contributed by atoms with Crippen molar-refractivity contribution in [2.45, 2.75) is 97.4 Å². The van der Waals surface area contributed by atoms with Crippen LogP contribution in [0.5, 0.6) is 0 Å². The molecule has 3 rings (SSSR count). The number of rotatable bonds is 15. The van der Waals surface area contributed by atoms with E-state index >= 15 is 0 Å². The van der Waals surface area contributed by atoms with E-state index in [4.69, 9.17) is 0 Å². The Morgan fingerprint density at radius 2 is 1.54 bits per heavy atom. The maximum Gasteiger partial charge on any atom is 0.240 e. The molecule has 0 saturated heterocycles. The molecule has 0 aliphatic heterocycles. The van der Waals surface area contributed by atoms with Crippen molar-refractivity contribution in [1.29, 1.82) is 0 Å². The topological polar surface area (TPSA) is 90.5 Å². The number of nitrogens with one attached hydrogen (secondary N) is 3. The molecule has 0 heterocycles. The van der Waals surface area contributed by atoms with E-state index in [1.165, 1.54) is 55.4 Å². The number of hydrogen-bond acceptors (Lipinski definition) is 4. The lowest BCUT2D eigenvalue weighted by Gasteiger charge is -2.31. The standard InChI is InChI=1S/C25H46N4O3.C7H8/c1-4-9-19-10-6-7-11-20(19)12-8-16-26-22(30)17-28-23(31)18-29(3)25(32)24(21-13-14-21)27-15-5-2;1-7-5-3-2-4-6-7/h19-21,24,27H,4-18H2,1-3H3,(H,26,30)(H,28,31);2-6H,1H3. The molecule has 39 heavy (non-hydrogen) atoms. The number of carbonyl (C=O) groups excluding carboxylic acids is 3. The van der Waals surface area contributed by atoms with Gasteiger partial charge in [0.1, 0.15) is 0 Å². The third-order valence-corrected chi connectivity index (χ3v) is 7.92. The maximum atomic E-state index is 12.7. The normalized spacial score (nSPS) is 19.3. The van der Waals surface area contributed by atoms with Gasteiger partial charge in [0.15, 0.2) is 0 Å². The molecule has 2 fully saturated rings. The molecule has 220 valence electrons. The number of likely N-dealkylation sites (N-methyl/N-ethyl adjacent to an activating group) is 1. The summed E-state index contributed by atoms with van der Waals surface area (Å²) in [5.41, 5.74) is 1.32. The summed E-state index contributed by atoms with van der Waals surface area (Å²) in [5.74, 6) is 1.55. The van der Waals surface area contributed by atoms with Gasteiger partial charge in [0.05, 0.1) is 19.1 Å². The molecule has 2 aliphatic rings. The molecule has 0 spiro atoms. The number of aryl methyl sites for hydroxylation is 1. The fraction of sp³-hybridized carbons (Fsp3) is 0.719. The van der Waals surface area contributed by atoms with Gasteiger partial charge in [-0.1, -0.05) is 88.3 Å². The molecule has 2 saturated carbocycles. The summed E-state index contributed by atoms with van der Waals surface area (Å²) in [6.45, 7) is 7.82. The average molecular weight is 543 g/mol. The Bertz CT molecular complexity index is 841. The molecule has 3 N–H and O–H groups in total. The smallest absolute Gasteiger partial charge is 0.240 e. The Morgan fingerprint density at radius 1 is 0.872 bits per heavy atom. The van der Waals surface area contributed by atoms with Crippen LogP contribution in [0.4, 0.5) is 0 Å². The predicted octanol–water partition coefficient (Wildman–Crippen LogP) is 4.84. The molecule has 0 bridgehead atoms. The largest absolute Gasteiger partial charge is 0.355 e. The fourth-order valence-corrected chi connectivity index (χ4v) is 5.55. The summed E-state index contributed by atoms with van der Waals surface area (Å²) in [4.78, 5) is 38.5. The van der Waals surface area contributed by atoms with Gasteiger partial charge in [-0.15, -0.1) is 0 Å². The van der Waals surface area contributed by atoms with E-state index < -0.39 is 0 Å². The Morgan fingerprint density at radius 3 is 2.10 bits per heavy atom. The van der Waals surface area contributed by atoms with Crippen molar-refractivity contribution >= 4 is 17.7 Å². The third-order valence-electron chi connectivity index (χ3n) is 7.92. The van der Waals surface area contributed by atoms with E-state index in [-0.39, 0.29) is 36.9 Å². The van der Waals surface area contributed by atoms with Crippen molar-refractivity contribution in [1.82, 2.24) is 20.9 Å². The van der Waals surface area contributed by atoms with Crippen molar-refractivity contribution in [3.63, 3.8) is 0 Å². The highest BCUT2D eigenvalue weighted by Gasteiger charge is 2.37. The van der Waals surface area contributed by atoms with Crippen LogP contribution >= 0.6 is 0 Å². The first kappa shape index (κ1) is 32.8. The molecule has 3 unspecified atom stereocenters. The predicted molar refractivity (Wildman–Crippen MR) is 159 cm³/mol. The van der Waals surface area contributed by atoms with Crippen LogP contribution in [0, 0.1) is 24.7 Å². The fourth-order valence-electron chi connectivity index (χ4n) is 5.55. The highest BCUT2D eigenvalue weighted by Crippen LogP contribution is 2.36. The van der Waals surface area contributed by atoms with Crippen molar-refractivity contribution in [2.75, 3.05) is 33.2 Å². The van der Waals surface area contributed by atoms with Gasteiger partial charge in [-0.25, -0.2) is 0 Å². The van der Waals surface area contributed by atoms with Gasteiger partial charge in [-0.2, -0.15) is 0 Å². The Labute approximate surface area is 237 Å². The van der Waals surface area contributed by atoms with Gasteiger partial charge in [0.25, 0.3) is 0 Å². The van der Waals surface area contributed by atoms with Gasteiger partial charge in [-0.05, 0) is 63.3 Å². The summed E-state index contributed by atoms with van der Waals surface area (Å²) < 4.78 is 0. The first-order valence-electron chi connectivity index (χ1n) is 15.4. The monoisotopic (exact) mass is 542 g/mol. The lowest BCUT2D eigenvalue weighted by Crippen LogP contribution is -2.50. The lowest BCUT2D eigenvalue weighted by molar-refractivity contribution is -0.137. The van der Waals surface area contributed by atoms with Crippen LogP contribution in [0.3, 0.4) is 0 Å². The van der Waals surface area contributed by atoms with E-state index in [9.17, 15) is 14.4 Å². The maximum absolute atomic E-state index is 12.7. The van der Waals surface area contributed by atoms with E-state index in [1.807, 2.05) is 18.2 Å². The summed E-state index contributed by atoms with van der Waals surface area (Å²) in [6, 6.07) is 10.1. The minimum Gasteiger partial charge on any atom is -0.355 e. The van der Waals surface area contributed by atoms with Gasteiger partial charge in [0, 0.05) is 13.6 Å². The highest BCUT2D eigenvalue weighted by molar-refractivity contribution is 5.89. The van der Waals surface area contributed by atoms with Crippen LogP contribution in [0.1, 0.15) is 90.0 Å².